The molecule has 2 N–H and O–H groups in total. The van der Waals surface area contributed by atoms with Crippen LogP contribution in [0.15, 0.2) is 11.0 Å². The molecule has 0 aliphatic carbocycles. The Hall–Kier alpha value is -1.76. The predicted molar refractivity (Wildman–Crippen MR) is 142 cm³/mol. The van der Waals surface area contributed by atoms with Gasteiger partial charge in [0.05, 0.1) is 12.6 Å². The number of ether oxygens (including phenoxy) is 1. The number of aromatic hydroxyl groups is 1. The fourth-order valence-electron chi connectivity index (χ4n) is 5.42. The topological polar surface area (TPSA) is 93.7 Å². The molecule has 0 fully saturated rings. The number of nitrogens with zero attached hydrogens (tertiary/aromatic N) is 2. The predicted octanol–water partition coefficient (Wildman–Crippen LogP) is 6.60. The smallest absolute Gasteiger partial charge is 0.331 e. The highest BCUT2D eigenvalue weighted by molar-refractivity contribution is 5.67. The SMILES string of the molecule is CCn1cc(O)n(CCCC(CC)(CC)CCCCOCCCCC(CC)(CC)CC(=O)O)c1=O. The fourth-order valence-corrected chi connectivity index (χ4v) is 5.42. The number of aryl methyl sites for hydroxylation is 1. The van der Waals surface area contributed by atoms with E-state index in [9.17, 15) is 19.8 Å². The summed E-state index contributed by atoms with van der Waals surface area (Å²) in [6.07, 6.45) is 14.1. The number of carbonyl (C=O) groups is 1. The van der Waals surface area contributed by atoms with Gasteiger partial charge in [0.25, 0.3) is 0 Å². The number of imidazole rings is 1. The first-order valence-electron chi connectivity index (χ1n) is 14.0. The van der Waals surface area contributed by atoms with Gasteiger partial charge in [0.1, 0.15) is 0 Å². The van der Waals surface area contributed by atoms with Crippen LogP contribution in [0, 0.1) is 10.8 Å². The van der Waals surface area contributed by atoms with Gasteiger partial charge in [0, 0.05) is 26.3 Å². The van der Waals surface area contributed by atoms with E-state index >= 15 is 0 Å². The molecule has 1 aromatic rings. The second-order valence-electron chi connectivity index (χ2n) is 10.3. The lowest BCUT2D eigenvalue weighted by atomic mass is 9.74. The number of carboxylic acid groups (broad SMARTS) is 1. The van der Waals surface area contributed by atoms with Gasteiger partial charge < -0.3 is 14.9 Å². The number of unbranched alkanes of at least 4 members (excludes halogenated alkanes) is 2. The molecule has 0 radical (unpaired) electrons. The summed E-state index contributed by atoms with van der Waals surface area (Å²) >= 11 is 0. The van der Waals surface area contributed by atoms with E-state index in [-0.39, 0.29) is 28.8 Å². The van der Waals surface area contributed by atoms with Crippen LogP contribution >= 0.6 is 0 Å². The third-order valence-corrected chi connectivity index (χ3v) is 8.47. The number of hydrogen-bond donors (Lipinski definition) is 2. The first-order chi connectivity index (χ1) is 16.7. The molecule has 0 bridgehead atoms. The highest BCUT2D eigenvalue weighted by Crippen LogP contribution is 2.38. The maximum Gasteiger partial charge on any atom is 0.331 e. The monoisotopic (exact) mass is 496 g/mol. The Balaban J connectivity index is 2.31. The quantitative estimate of drug-likeness (QED) is 0.187. The van der Waals surface area contributed by atoms with E-state index in [1.54, 1.807) is 4.57 Å². The van der Waals surface area contributed by atoms with Crippen molar-refractivity contribution >= 4 is 5.97 Å². The number of rotatable bonds is 21. The standard InChI is InChI=1S/C28H52N2O5/c1-6-27(7-2,18-15-19-30-24(31)23-29(10-5)26(30)34)16-11-13-20-35-21-14-12-17-28(8-3,9-4)22-25(32)33/h23,31H,6-22H2,1-5H3,(H,32,33). The number of aromatic nitrogens is 2. The van der Waals surface area contributed by atoms with Crippen molar-refractivity contribution in [1.82, 2.24) is 9.13 Å². The molecule has 0 spiro atoms. The van der Waals surface area contributed by atoms with Crippen LogP contribution in [0.3, 0.4) is 0 Å². The molecule has 1 aromatic heterocycles. The average molecular weight is 497 g/mol. The van der Waals surface area contributed by atoms with Gasteiger partial charge >= 0.3 is 11.7 Å². The molecule has 7 nitrogen and oxygen atoms in total. The lowest BCUT2D eigenvalue weighted by molar-refractivity contribution is -0.140. The Morgan fingerprint density at radius 1 is 0.857 bits per heavy atom. The Bertz CT molecular complexity index is 775. The van der Waals surface area contributed by atoms with Gasteiger partial charge in [0.2, 0.25) is 5.88 Å². The van der Waals surface area contributed by atoms with Gasteiger partial charge in [-0.05, 0) is 69.1 Å². The van der Waals surface area contributed by atoms with Crippen molar-refractivity contribution in [3.05, 3.63) is 16.7 Å². The van der Waals surface area contributed by atoms with Crippen molar-refractivity contribution in [2.45, 2.75) is 131 Å². The van der Waals surface area contributed by atoms with Crippen molar-refractivity contribution in [3.63, 3.8) is 0 Å². The molecule has 0 atom stereocenters. The third-order valence-electron chi connectivity index (χ3n) is 8.47. The maximum atomic E-state index is 12.3. The van der Waals surface area contributed by atoms with Crippen LogP contribution in [-0.4, -0.2) is 38.5 Å². The summed E-state index contributed by atoms with van der Waals surface area (Å²) in [4.78, 5) is 23.5. The van der Waals surface area contributed by atoms with E-state index in [2.05, 4.69) is 27.7 Å². The van der Waals surface area contributed by atoms with Gasteiger partial charge in [-0.2, -0.15) is 0 Å². The normalized spacial score (nSPS) is 12.4. The van der Waals surface area contributed by atoms with E-state index in [4.69, 9.17) is 4.74 Å². The second-order valence-corrected chi connectivity index (χ2v) is 10.3. The van der Waals surface area contributed by atoms with Crippen LogP contribution in [0.4, 0.5) is 0 Å². The van der Waals surface area contributed by atoms with E-state index in [0.29, 0.717) is 13.1 Å². The van der Waals surface area contributed by atoms with E-state index in [1.165, 1.54) is 10.8 Å². The molecule has 1 heterocycles. The molecule has 0 aliphatic rings. The van der Waals surface area contributed by atoms with Gasteiger partial charge in [-0.15, -0.1) is 0 Å². The van der Waals surface area contributed by atoms with Crippen LogP contribution in [0.25, 0.3) is 0 Å². The van der Waals surface area contributed by atoms with Crippen molar-refractivity contribution in [1.29, 1.82) is 0 Å². The molecule has 35 heavy (non-hydrogen) atoms. The lowest BCUT2D eigenvalue weighted by Crippen LogP contribution is -2.25. The van der Waals surface area contributed by atoms with Crippen molar-refractivity contribution in [3.8, 4) is 5.88 Å². The molecular formula is C28H52N2O5. The number of carboxylic acids is 1. The van der Waals surface area contributed by atoms with Crippen LogP contribution in [-0.2, 0) is 22.6 Å². The van der Waals surface area contributed by atoms with Crippen LogP contribution in [0.2, 0.25) is 0 Å². The second kappa shape index (κ2) is 16.1. The maximum absolute atomic E-state index is 12.3. The van der Waals surface area contributed by atoms with Crippen molar-refractivity contribution in [2.24, 2.45) is 10.8 Å². The molecule has 0 unspecified atom stereocenters. The van der Waals surface area contributed by atoms with Crippen molar-refractivity contribution in [2.75, 3.05) is 13.2 Å². The van der Waals surface area contributed by atoms with E-state index in [1.807, 2.05) is 6.92 Å². The lowest BCUT2D eigenvalue weighted by Gasteiger charge is -2.32. The van der Waals surface area contributed by atoms with Gasteiger partial charge in [-0.3, -0.25) is 13.9 Å². The largest absolute Gasteiger partial charge is 0.493 e. The Kier molecular flexibility index (Phi) is 14.4. The van der Waals surface area contributed by atoms with Gasteiger partial charge in [-0.25, -0.2) is 4.79 Å². The first kappa shape index (κ1) is 31.3. The van der Waals surface area contributed by atoms with E-state index < -0.39 is 5.97 Å². The van der Waals surface area contributed by atoms with Crippen molar-refractivity contribution < 1.29 is 19.7 Å². The summed E-state index contributed by atoms with van der Waals surface area (Å²) < 4.78 is 8.90. The van der Waals surface area contributed by atoms with Gasteiger partial charge in [-0.1, -0.05) is 53.4 Å². The minimum atomic E-state index is -0.692. The average Bonchev–Trinajstić information content (AvgIpc) is 3.13. The first-order valence-corrected chi connectivity index (χ1v) is 14.0. The van der Waals surface area contributed by atoms with E-state index in [0.717, 1.165) is 90.3 Å². The Morgan fingerprint density at radius 2 is 1.37 bits per heavy atom. The minimum absolute atomic E-state index is 0.0598. The number of hydrogen-bond acceptors (Lipinski definition) is 4. The zero-order valence-electron chi connectivity index (χ0n) is 23.1. The zero-order valence-corrected chi connectivity index (χ0v) is 23.1. The molecule has 1 rings (SSSR count). The Morgan fingerprint density at radius 3 is 1.83 bits per heavy atom. The van der Waals surface area contributed by atoms with Crippen LogP contribution in [0.5, 0.6) is 5.88 Å². The minimum Gasteiger partial charge on any atom is -0.493 e. The summed E-state index contributed by atoms with van der Waals surface area (Å²) in [6.45, 7) is 13.3. The van der Waals surface area contributed by atoms with Gasteiger partial charge in [0.15, 0.2) is 0 Å². The molecule has 0 saturated heterocycles. The summed E-state index contributed by atoms with van der Waals surface area (Å²) in [5.41, 5.74) is 0.0835. The fraction of sp³-hybridized carbons (Fsp3) is 0.857. The summed E-state index contributed by atoms with van der Waals surface area (Å²) in [5, 5.41) is 19.3. The molecule has 0 saturated carbocycles. The van der Waals surface area contributed by atoms with Crippen LogP contribution < -0.4 is 5.69 Å². The number of aliphatic carboxylic acids is 1. The molecule has 0 amide bonds. The molecule has 0 aromatic carbocycles. The third kappa shape index (κ3) is 10.0. The summed E-state index contributed by atoms with van der Waals surface area (Å²) in [6, 6.07) is 0. The molecular weight excluding hydrogens is 444 g/mol. The summed E-state index contributed by atoms with van der Waals surface area (Å²) in [5.74, 6) is -0.632. The molecule has 0 aliphatic heterocycles. The molecule has 7 heteroatoms. The summed E-state index contributed by atoms with van der Waals surface area (Å²) in [7, 11) is 0. The molecule has 204 valence electrons. The van der Waals surface area contributed by atoms with Crippen LogP contribution in [0.1, 0.15) is 118 Å². The Labute approximate surface area is 212 Å². The highest BCUT2D eigenvalue weighted by Gasteiger charge is 2.28. The highest BCUT2D eigenvalue weighted by atomic mass is 16.5. The zero-order chi connectivity index (χ0) is 26.3.